The number of nitrogens with zero attached hydrogens (tertiary/aromatic N) is 3. The second-order valence-electron chi connectivity index (χ2n) is 6.16. The van der Waals surface area contributed by atoms with Crippen LogP contribution in [-0.2, 0) is 4.74 Å². The van der Waals surface area contributed by atoms with Crippen LogP contribution in [-0.4, -0.2) is 33.2 Å². The Labute approximate surface area is 128 Å². The van der Waals surface area contributed by atoms with Gasteiger partial charge in [0.15, 0.2) is 5.65 Å². The first kappa shape index (κ1) is 14.4. The van der Waals surface area contributed by atoms with Gasteiger partial charge in [-0.2, -0.15) is 0 Å². The molecular formula is C15H19N5O2. The largest absolute Gasteiger partial charge is 0.444 e. The van der Waals surface area contributed by atoms with Crippen LogP contribution >= 0.6 is 0 Å². The topological polar surface area (TPSA) is 83.1 Å². The molecule has 7 nitrogen and oxygen atoms in total. The first-order chi connectivity index (χ1) is 10.4. The molecule has 0 bridgehead atoms. The lowest BCUT2D eigenvalue weighted by Gasteiger charge is -2.19. The fourth-order valence-corrected chi connectivity index (χ4v) is 2.24. The highest BCUT2D eigenvalue weighted by atomic mass is 16.6. The predicted molar refractivity (Wildman–Crippen MR) is 83.3 cm³/mol. The van der Waals surface area contributed by atoms with Gasteiger partial charge in [-0.15, -0.1) is 0 Å². The van der Waals surface area contributed by atoms with E-state index in [9.17, 15) is 4.79 Å². The zero-order valence-electron chi connectivity index (χ0n) is 12.9. The van der Waals surface area contributed by atoms with Gasteiger partial charge in [0.25, 0.3) is 0 Å². The molecule has 1 amide bonds. The van der Waals surface area contributed by atoms with Crippen LogP contribution in [0.2, 0.25) is 0 Å². The fraction of sp³-hybridized carbons (Fsp3) is 0.400. The number of fused-ring (bicyclic) bond motifs is 1. The van der Waals surface area contributed by atoms with Gasteiger partial charge in [0.05, 0.1) is 6.33 Å². The van der Waals surface area contributed by atoms with E-state index < -0.39 is 11.7 Å². The molecule has 0 atom stereocenters. The number of amides is 1. The molecule has 7 heteroatoms. The van der Waals surface area contributed by atoms with Crippen molar-refractivity contribution in [1.82, 2.24) is 20.3 Å². The van der Waals surface area contributed by atoms with Gasteiger partial charge in [-0.05, 0) is 32.9 Å². The molecule has 22 heavy (non-hydrogen) atoms. The summed E-state index contributed by atoms with van der Waals surface area (Å²) >= 11 is 0. The van der Waals surface area contributed by atoms with E-state index in [0.29, 0.717) is 0 Å². The Morgan fingerprint density at radius 3 is 3.00 bits per heavy atom. The van der Waals surface area contributed by atoms with Crippen molar-refractivity contribution < 1.29 is 9.53 Å². The van der Waals surface area contributed by atoms with Gasteiger partial charge in [-0.3, -0.25) is 5.32 Å². The van der Waals surface area contributed by atoms with E-state index in [4.69, 9.17) is 4.74 Å². The number of alkyl carbamates (subject to hydrolysis) is 1. The predicted octanol–water partition coefficient (Wildman–Crippen LogP) is 2.53. The van der Waals surface area contributed by atoms with Gasteiger partial charge in [-0.25, -0.2) is 14.8 Å². The second-order valence-corrected chi connectivity index (χ2v) is 6.16. The van der Waals surface area contributed by atoms with Crippen LogP contribution in [0.1, 0.15) is 27.2 Å². The highest BCUT2D eigenvalue weighted by molar-refractivity contribution is 5.73. The summed E-state index contributed by atoms with van der Waals surface area (Å²) in [5.41, 5.74) is 1.90. The number of ether oxygens (including phenoxy) is 1. The number of hydrogen-bond donors (Lipinski definition) is 2. The van der Waals surface area contributed by atoms with Crippen LogP contribution < -0.4 is 10.2 Å². The maximum absolute atomic E-state index is 11.8. The summed E-state index contributed by atoms with van der Waals surface area (Å²) in [6.45, 7) is 6.28. The summed E-state index contributed by atoms with van der Waals surface area (Å²) in [5, 5.41) is 2.78. The number of aromatic amines is 1. The molecular weight excluding hydrogens is 282 g/mol. The second kappa shape index (κ2) is 5.32. The number of aromatic nitrogens is 3. The maximum atomic E-state index is 11.8. The minimum Gasteiger partial charge on any atom is -0.444 e. The van der Waals surface area contributed by atoms with Gasteiger partial charge in [-0.1, -0.05) is 0 Å². The Bertz CT molecular complexity index is 729. The number of carbonyl (C=O) groups is 1. The lowest BCUT2D eigenvalue weighted by molar-refractivity contribution is 0.0545. The molecule has 0 unspecified atom stereocenters. The number of pyridine rings is 1. The van der Waals surface area contributed by atoms with Crippen LogP contribution in [0.3, 0.4) is 0 Å². The zero-order valence-corrected chi connectivity index (χ0v) is 12.9. The van der Waals surface area contributed by atoms with E-state index in [1.165, 1.54) is 0 Å². The van der Waals surface area contributed by atoms with Gasteiger partial charge in [0.1, 0.15) is 16.9 Å². The van der Waals surface area contributed by atoms with Crippen molar-refractivity contribution >= 4 is 23.1 Å². The standard InChI is InChI=1S/C15H19N5O2/c1-15(2,3)22-14(21)18-10-6-7-20(8-10)12-5-4-11-13(19-12)17-9-16-11/h4-5,8-9H,6-7H2,1-3H3,(H,18,21)(H,16,17,19). The zero-order chi connectivity index (χ0) is 15.7. The molecule has 0 aliphatic carbocycles. The number of rotatable bonds is 2. The van der Waals surface area contributed by atoms with Crippen molar-refractivity contribution in [1.29, 1.82) is 0 Å². The number of imidazole rings is 1. The first-order valence-electron chi connectivity index (χ1n) is 7.18. The fourth-order valence-electron chi connectivity index (χ4n) is 2.24. The van der Waals surface area contributed by atoms with Crippen molar-refractivity contribution in [2.24, 2.45) is 0 Å². The van der Waals surface area contributed by atoms with E-state index >= 15 is 0 Å². The SMILES string of the molecule is CC(C)(C)OC(=O)NC1=CN(c2ccc3nc[nH]c3n2)CC1. The number of H-pyrrole nitrogens is 1. The van der Waals surface area contributed by atoms with Crippen LogP contribution in [0.5, 0.6) is 0 Å². The summed E-state index contributed by atoms with van der Waals surface area (Å²) < 4.78 is 5.25. The van der Waals surface area contributed by atoms with Gasteiger partial charge in [0.2, 0.25) is 0 Å². The van der Waals surface area contributed by atoms with Gasteiger partial charge >= 0.3 is 6.09 Å². The van der Waals surface area contributed by atoms with Gasteiger partial charge in [0, 0.05) is 24.9 Å². The van der Waals surface area contributed by atoms with Crippen LogP contribution in [0.4, 0.5) is 10.6 Å². The summed E-state index contributed by atoms with van der Waals surface area (Å²) in [4.78, 5) is 25.4. The molecule has 0 fully saturated rings. The van der Waals surface area contributed by atoms with Crippen LogP contribution in [0.15, 0.2) is 30.4 Å². The molecule has 1 aliphatic rings. The molecule has 116 valence electrons. The monoisotopic (exact) mass is 301 g/mol. The highest BCUT2D eigenvalue weighted by Gasteiger charge is 2.20. The normalized spacial score (nSPS) is 15.0. The van der Waals surface area contributed by atoms with Crippen molar-refractivity contribution in [3.05, 3.63) is 30.4 Å². The van der Waals surface area contributed by atoms with Crippen molar-refractivity contribution in [3.63, 3.8) is 0 Å². The van der Waals surface area contributed by atoms with Gasteiger partial charge < -0.3 is 14.6 Å². The molecule has 0 radical (unpaired) electrons. The lowest BCUT2D eigenvalue weighted by Crippen LogP contribution is -2.31. The first-order valence-corrected chi connectivity index (χ1v) is 7.18. The molecule has 0 saturated carbocycles. The summed E-state index contributed by atoms with van der Waals surface area (Å²) in [7, 11) is 0. The van der Waals surface area contributed by atoms with E-state index in [1.54, 1.807) is 6.33 Å². The Kier molecular flexibility index (Phi) is 3.48. The summed E-state index contributed by atoms with van der Waals surface area (Å²) in [5.74, 6) is 0.817. The van der Waals surface area contributed by atoms with E-state index in [1.807, 2.05) is 44.0 Å². The third-order valence-electron chi connectivity index (χ3n) is 3.15. The molecule has 3 rings (SSSR count). The minimum atomic E-state index is -0.504. The quantitative estimate of drug-likeness (QED) is 0.890. The van der Waals surface area contributed by atoms with Crippen LogP contribution in [0.25, 0.3) is 11.2 Å². The number of carbonyl (C=O) groups excluding carboxylic acids is 1. The average molecular weight is 301 g/mol. The Morgan fingerprint density at radius 2 is 2.23 bits per heavy atom. The van der Waals surface area contributed by atoms with Crippen molar-refractivity contribution in [2.75, 3.05) is 11.4 Å². The summed E-state index contributed by atoms with van der Waals surface area (Å²) in [6, 6.07) is 3.83. The van der Waals surface area contributed by atoms with Crippen molar-refractivity contribution in [3.8, 4) is 0 Å². The molecule has 2 aromatic rings. The molecule has 2 N–H and O–H groups in total. The molecule has 0 aromatic carbocycles. The third-order valence-corrected chi connectivity index (χ3v) is 3.15. The minimum absolute atomic E-state index is 0.433. The molecule has 0 saturated heterocycles. The average Bonchev–Trinajstić information content (AvgIpc) is 3.03. The smallest absolute Gasteiger partial charge is 0.411 e. The third kappa shape index (κ3) is 3.19. The van der Waals surface area contributed by atoms with Crippen molar-refractivity contribution in [2.45, 2.75) is 32.8 Å². The van der Waals surface area contributed by atoms with E-state index in [0.717, 1.165) is 35.6 Å². The maximum Gasteiger partial charge on any atom is 0.411 e. The summed E-state index contributed by atoms with van der Waals surface area (Å²) in [6.07, 6.45) is 3.81. The molecule has 3 heterocycles. The molecule has 1 aliphatic heterocycles. The van der Waals surface area contributed by atoms with E-state index in [-0.39, 0.29) is 0 Å². The number of nitrogens with one attached hydrogen (secondary N) is 2. The lowest BCUT2D eigenvalue weighted by atomic mass is 10.2. The highest BCUT2D eigenvalue weighted by Crippen LogP contribution is 2.21. The Hall–Kier alpha value is -2.57. The van der Waals surface area contributed by atoms with Crippen LogP contribution in [0, 0.1) is 0 Å². The molecule has 2 aromatic heterocycles. The Balaban J connectivity index is 1.69. The Morgan fingerprint density at radius 1 is 1.41 bits per heavy atom. The molecule has 0 spiro atoms. The number of hydrogen-bond acceptors (Lipinski definition) is 5. The number of anilines is 1. The van der Waals surface area contributed by atoms with E-state index in [2.05, 4.69) is 20.3 Å².